The number of rotatable bonds is 1. The number of hydrogen-bond acceptors (Lipinski definition) is 1. The zero-order valence-corrected chi connectivity index (χ0v) is 9.02. The molecule has 0 aliphatic heterocycles. The summed E-state index contributed by atoms with van der Waals surface area (Å²) in [6, 6.07) is 10.1. The maximum atomic E-state index is 6.16. The van der Waals surface area contributed by atoms with E-state index in [0.717, 1.165) is 16.1 Å². The first-order chi connectivity index (χ1) is 6.74. The van der Waals surface area contributed by atoms with Crippen molar-refractivity contribution in [1.82, 2.24) is 0 Å². The van der Waals surface area contributed by atoms with Gasteiger partial charge in [-0.15, -0.1) is 0 Å². The highest BCUT2D eigenvalue weighted by Gasteiger charge is 2.05. The molecular formula is C12H12ClN. The van der Waals surface area contributed by atoms with E-state index in [1.807, 2.05) is 31.3 Å². The molecule has 0 spiro atoms. The minimum absolute atomic E-state index is 0.817. The van der Waals surface area contributed by atoms with Crippen LogP contribution in [-0.2, 0) is 0 Å². The molecule has 14 heavy (non-hydrogen) atoms. The lowest BCUT2D eigenvalue weighted by Crippen LogP contribution is -1.93. The van der Waals surface area contributed by atoms with Crippen molar-refractivity contribution in [3.8, 4) is 0 Å². The molecule has 0 amide bonds. The number of hydrogen-bond donors (Lipinski definition) is 1. The quantitative estimate of drug-likeness (QED) is 0.746. The summed E-state index contributed by atoms with van der Waals surface area (Å²) in [5.74, 6) is 0. The van der Waals surface area contributed by atoms with Crippen LogP contribution in [0.1, 0.15) is 5.56 Å². The third-order valence-electron chi connectivity index (χ3n) is 2.44. The van der Waals surface area contributed by atoms with Crippen molar-refractivity contribution >= 4 is 28.1 Å². The lowest BCUT2D eigenvalue weighted by molar-refractivity contribution is 1.43. The van der Waals surface area contributed by atoms with Crippen LogP contribution < -0.4 is 5.32 Å². The summed E-state index contributed by atoms with van der Waals surface area (Å²) in [5, 5.41) is 6.31. The fourth-order valence-corrected chi connectivity index (χ4v) is 2.12. The Balaban J connectivity index is 2.90. The molecule has 0 bridgehead atoms. The minimum atomic E-state index is 0.817. The van der Waals surface area contributed by atoms with E-state index in [1.54, 1.807) is 0 Å². The SMILES string of the molecule is CNc1c(C)cc(Cl)c2ccccc12. The van der Waals surface area contributed by atoms with Gasteiger partial charge in [0.15, 0.2) is 0 Å². The summed E-state index contributed by atoms with van der Waals surface area (Å²) in [7, 11) is 1.93. The Morgan fingerprint density at radius 2 is 1.79 bits per heavy atom. The monoisotopic (exact) mass is 205 g/mol. The molecule has 1 nitrogen and oxygen atoms in total. The van der Waals surface area contributed by atoms with Gasteiger partial charge in [-0.05, 0) is 18.6 Å². The van der Waals surface area contributed by atoms with Crippen molar-refractivity contribution in [2.45, 2.75) is 6.92 Å². The Morgan fingerprint density at radius 3 is 2.43 bits per heavy atom. The van der Waals surface area contributed by atoms with Gasteiger partial charge in [0.1, 0.15) is 0 Å². The van der Waals surface area contributed by atoms with Gasteiger partial charge in [0.25, 0.3) is 0 Å². The van der Waals surface area contributed by atoms with Gasteiger partial charge in [-0.25, -0.2) is 0 Å². The molecule has 2 aromatic carbocycles. The molecule has 0 aromatic heterocycles. The summed E-state index contributed by atoms with van der Waals surface area (Å²) < 4.78 is 0. The van der Waals surface area contributed by atoms with Gasteiger partial charge in [0.2, 0.25) is 0 Å². The topological polar surface area (TPSA) is 12.0 Å². The Bertz CT molecular complexity index is 477. The van der Waals surface area contributed by atoms with E-state index in [1.165, 1.54) is 10.9 Å². The summed E-state index contributed by atoms with van der Waals surface area (Å²) in [4.78, 5) is 0. The van der Waals surface area contributed by atoms with Gasteiger partial charge in [-0.2, -0.15) is 0 Å². The minimum Gasteiger partial charge on any atom is -0.387 e. The predicted molar refractivity (Wildman–Crippen MR) is 63.2 cm³/mol. The molecule has 2 heteroatoms. The largest absolute Gasteiger partial charge is 0.387 e. The molecule has 0 fully saturated rings. The molecule has 0 unspecified atom stereocenters. The standard InChI is InChI=1S/C12H12ClN/c1-8-7-11(13)9-5-3-4-6-10(9)12(8)14-2/h3-7,14H,1-2H3. The Hall–Kier alpha value is -1.21. The molecule has 0 atom stereocenters. The third kappa shape index (κ3) is 1.34. The highest BCUT2D eigenvalue weighted by atomic mass is 35.5. The first-order valence-electron chi connectivity index (χ1n) is 4.59. The van der Waals surface area contributed by atoms with Crippen molar-refractivity contribution in [3.05, 3.63) is 40.9 Å². The van der Waals surface area contributed by atoms with Gasteiger partial charge in [0.05, 0.1) is 0 Å². The van der Waals surface area contributed by atoms with E-state index in [0.29, 0.717) is 0 Å². The highest BCUT2D eigenvalue weighted by molar-refractivity contribution is 6.36. The van der Waals surface area contributed by atoms with Crippen molar-refractivity contribution in [2.75, 3.05) is 12.4 Å². The first-order valence-corrected chi connectivity index (χ1v) is 4.97. The lowest BCUT2D eigenvalue weighted by Gasteiger charge is -2.10. The second-order valence-electron chi connectivity index (χ2n) is 3.35. The summed E-state index contributed by atoms with van der Waals surface area (Å²) in [6.07, 6.45) is 0. The summed E-state index contributed by atoms with van der Waals surface area (Å²) >= 11 is 6.16. The number of anilines is 1. The molecule has 1 N–H and O–H groups in total. The second kappa shape index (κ2) is 3.50. The van der Waals surface area contributed by atoms with Crippen LogP contribution in [0.2, 0.25) is 5.02 Å². The van der Waals surface area contributed by atoms with Crippen molar-refractivity contribution in [2.24, 2.45) is 0 Å². The molecular weight excluding hydrogens is 194 g/mol. The first kappa shape index (κ1) is 9.35. The van der Waals surface area contributed by atoms with E-state index in [2.05, 4.69) is 18.3 Å². The fourth-order valence-electron chi connectivity index (χ4n) is 1.79. The van der Waals surface area contributed by atoms with Crippen LogP contribution in [0.5, 0.6) is 0 Å². The maximum Gasteiger partial charge on any atom is 0.0488 e. The van der Waals surface area contributed by atoms with E-state index in [-0.39, 0.29) is 0 Å². The number of fused-ring (bicyclic) bond motifs is 1. The Kier molecular flexibility index (Phi) is 2.34. The average Bonchev–Trinajstić information content (AvgIpc) is 2.18. The lowest BCUT2D eigenvalue weighted by atomic mass is 10.0. The van der Waals surface area contributed by atoms with Gasteiger partial charge >= 0.3 is 0 Å². The van der Waals surface area contributed by atoms with Crippen LogP contribution in [0, 0.1) is 6.92 Å². The predicted octanol–water partition coefficient (Wildman–Crippen LogP) is 3.84. The Labute approximate surface area is 88.7 Å². The molecule has 0 aliphatic rings. The molecule has 72 valence electrons. The average molecular weight is 206 g/mol. The molecule has 0 saturated carbocycles. The molecule has 0 aliphatic carbocycles. The van der Waals surface area contributed by atoms with E-state index in [9.17, 15) is 0 Å². The van der Waals surface area contributed by atoms with Crippen LogP contribution in [-0.4, -0.2) is 7.05 Å². The third-order valence-corrected chi connectivity index (χ3v) is 2.75. The van der Waals surface area contributed by atoms with Crippen LogP contribution >= 0.6 is 11.6 Å². The van der Waals surface area contributed by atoms with Gasteiger partial charge < -0.3 is 5.32 Å². The molecule has 2 rings (SSSR count). The van der Waals surface area contributed by atoms with Crippen LogP contribution in [0.4, 0.5) is 5.69 Å². The highest BCUT2D eigenvalue weighted by Crippen LogP contribution is 2.32. The van der Waals surface area contributed by atoms with E-state index >= 15 is 0 Å². The smallest absolute Gasteiger partial charge is 0.0488 e. The van der Waals surface area contributed by atoms with E-state index in [4.69, 9.17) is 11.6 Å². The second-order valence-corrected chi connectivity index (χ2v) is 3.75. The van der Waals surface area contributed by atoms with Crippen molar-refractivity contribution < 1.29 is 0 Å². The fraction of sp³-hybridized carbons (Fsp3) is 0.167. The number of aryl methyl sites for hydroxylation is 1. The van der Waals surface area contributed by atoms with Crippen LogP contribution in [0.15, 0.2) is 30.3 Å². The number of nitrogens with one attached hydrogen (secondary N) is 1. The molecule has 0 heterocycles. The molecule has 0 radical (unpaired) electrons. The van der Waals surface area contributed by atoms with Crippen LogP contribution in [0.25, 0.3) is 10.8 Å². The molecule has 2 aromatic rings. The Morgan fingerprint density at radius 1 is 1.14 bits per heavy atom. The summed E-state index contributed by atoms with van der Waals surface area (Å²) in [5.41, 5.74) is 2.33. The summed E-state index contributed by atoms with van der Waals surface area (Å²) in [6.45, 7) is 2.06. The zero-order valence-electron chi connectivity index (χ0n) is 8.26. The molecule has 0 saturated heterocycles. The van der Waals surface area contributed by atoms with Gasteiger partial charge in [-0.3, -0.25) is 0 Å². The zero-order chi connectivity index (χ0) is 10.1. The maximum absolute atomic E-state index is 6.16. The van der Waals surface area contributed by atoms with Crippen molar-refractivity contribution in [1.29, 1.82) is 0 Å². The van der Waals surface area contributed by atoms with E-state index < -0.39 is 0 Å². The number of halogens is 1. The number of benzene rings is 2. The van der Waals surface area contributed by atoms with Crippen molar-refractivity contribution in [3.63, 3.8) is 0 Å². The normalized spacial score (nSPS) is 10.5. The van der Waals surface area contributed by atoms with Gasteiger partial charge in [0, 0.05) is 28.5 Å². The van der Waals surface area contributed by atoms with Gasteiger partial charge in [-0.1, -0.05) is 35.9 Å². The van der Waals surface area contributed by atoms with Crippen LogP contribution in [0.3, 0.4) is 0 Å².